The van der Waals surface area contributed by atoms with E-state index in [-0.39, 0.29) is 0 Å². The maximum Gasteiger partial charge on any atom is 0.152 e. The second-order valence-corrected chi connectivity index (χ2v) is 4.48. The summed E-state index contributed by atoms with van der Waals surface area (Å²) in [5.74, 6) is 0.962. The first-order valence-electron chi connectivity index (χ1n) is 5.41. The monoisotopic (exact) mass is 249 g/mol. The summed E-state index contributed by atoms with van der Waals surface area (Å²) in [5, 5.41) is 8.66. The van der Waals surface area contributed by atoms with Gasteiger partial charge >= 0.3 is 0 Å². The molecule has 1 aliphatic rings. The largest absolute Gasteiger partial charge is 0.399 e. The summed E-state index contributed by atoms with van der Waals surface area (Å²) in [5.41, 5.74) is 7.36. The van der Waals surface area contributed by atoms with Crippen LogP contribution in [0.3, 0.4) is 0 Å². The average molecular weight is 250 g/mol. The molecule has 0 bridgehead atoms. The Morgan fingerprint density at radius 3 is 3.00 bits per heavy atom. The molecule has 2 heterocycles. The van der Waals surface area contributed by atoms with Gasteiger partial charge in [0.15, 0.2) is 5.82 Å². The van der Waals surface area contributed by atoms with Crippen LogP contribution in [0.15, 0.2) is 24.5 Å². The van der Waals surface area contributed by atoms with Crippen molar-refractivity contribution in [1.29, 1.82) is 0 Å². The molecule has 0 spiro atoms. The first-order valence-corrected chi connectivity index (χ1v) is 5.78. The summed E-state index contributed by atoms with van der Waals surface area (Å²) < 4.78 is 2.06. The lowest BCUT2D eigenvalue weighted by Gasteiger charge is -2.29. The van der Waals surface area contributed by atoms with Crippen molar-refractivity contribution in [2.75, 3.05) is 17.2 Å². The van der Waals surface area contributed by atoms with Crippen LogP contribution in [-0.2, 0) is 13.1 Å². The maximum atomic E-state index is 6.20. The molecule has 2 N–H and O–H groups in total. The topological polar surface area (TPSA) is 60.0 Å². The second kappa shape index (κ2) is 3.92. The molecule has 2 aromatic rings. The predicted molar refractivity (Wildman–Crippen MR) is 66.9 cm³/mol. The van der Waals surface area contributed by atoms with E-state index in [9.17, 15) is 0 Å². The lowest BCUT2D eigenvalue weighted by Crippen LogP contribution is -2.33. The van der Waals surface area contributed by atoms with E-state index in [1.807, 2.05) is 12.1 Å². The van der Waals surface area contributed by atoms with Gasteiger partial charge in [0.05, 0.1) is 17.3 Å². The molecule has 0 fully saturated rings. The highest BCUT2D eigenvalue weighted by Crippen LogP contribution is 2.29. The zero-order chi connectivity index (χ0) is 11.8. The van der Waals surface area contributed by atoms with Crippen LogP contribution in [0.4, 0.5) is 11.4 Å². The van der Waals surface area contributed by atoms with Crippen LogP contribution < -0.4 is 10.6 Å². The van der Waals surface area contributed by atoms with Gasteiger partial charge in [0.1, 0.15) is 6.33 Å². The smallest absolute Gasteiger partial charge is 0.152 e. The molecule has 0 saturated heterocycles. The van der Waals surface area contributed by atoms with Crippen molar-refractivity contribution in [1.82, 2.24) is 14.8 Å². The third-order valence-electron chi connectivity index (χ3n) is 2.95. The van der Waals surface area contributed by atoms with Crippen molar-refractivity contribution in [3.8, 4) is 0 Å². The van der Waals surface area contributed by atoms with E-state index in [0.717, 1.165) is 31.1 Å². The van der Waals surface area contributed by atoms with Crippen LogP contribution >= 0.6 is 11.6 Å². The Morgan fingerprint density at radius 2 is 2.18 bits per heavy atom. The lowest BCUT2D eigenvalue weighted by atomic mass is 10.2. The van der Waals surface area contributed by atoms with Crippen molar-refractivity contribution in [3.05, 3.63) is 35.4 Å². The number of fused-ring (bicyclic) bond motifs is 1. The number of hydrogen-bond donors (Lipinski definition) is 1. The molecule has 0 radical (unpaired) electrons. The van der Waals surface area contributed by atoms with Crippen LogP contribution in [0.25, 0.3) is 0 Å². The Labute approximate surface area is 104 Å². The van der Waals surface area contributed by atoms with Crippen LogP contribution in [0.2, 0.25) is 5.02 Å². The summed E-state index contributed by atoms with van der Waals surface area (Å²) in [6.07, 6.45) is 1.76. The normalized spacial score (nSPS) is 14.8. The molecular formula is C11H12ClN5. The Bertz CT molecular complexity index is 551. The molecule has 0 saturated carbocycles. The van der Waals surface area contributed by atoms with E-state index in [2.05, 4.69) is 19.7 Å². The number of nitrogens with two attached hydrogens (primary N) is 1. The zero-order valence-electron chi connectivity index (χ0n) is 9.17. The molecule has 0 atom stereocenters. The molecule has 5 nitrogen and oxygen atoms in total. The molecule has 1 aromatic heterocycles. The molecule has 0 aliphatic carbocycles. The van der Waals surface area contributed by atoms with Crippen molar-refractivity contribution in [2.24, 2.45) is 0 Å². The fraction of sp³-hybridized carbons (Fsp3) is 0.273. The van der Waals surface area contributed by atoms with Crippen LogP contribution in [0, 0.1) is 0 Å². The van der Waals surface area contributed by atoms with E-state index in [1.165, 1.54) is 0 Å². The lowest BCUT2D eigenvalue weighted by molar-refractivity contribution is 0.560. The number of halogens is 1. The Balaban J connectivity index is 1.91. The van der Waals surface area contributed by atoms with Gasteiger partial charge in [-0.3, -0.25) is 0 Å². The predicted octanol–water partition coefficient (Wildman–Crippen LogP) is 1.53. The van der Waals surface area contributed by atoms with Crippen molar-refractivity contribution < 1.29 is 0 Å². The number of anilines is 2. The van der Waals surface area contributed by atoms with Gasteiger partial charge in [-0.1, -0.05) is 11.6 Å². The van der Waals surface area contributed by atoms with Gasteiger partial charge in [0.2, 0.25) is 0 Å². The number of rotatable bonds is 1. The Kier molecular flexibility index (Phi) is 2.40. The zero-order valence-corrected chi connectivity index (χ0v) is 9.93. The Hall–Kier alpha value is -1.75. The van der Waals surface area contributed by atoms with Crippen LogP contribution in [-0.4, -0.2) is 21.3 Å². The van der Waals surface area contributed by atoms with Gasteiger partial charge in [-0.25, -0.2) is 0 Å². The fourth-order valence-corrected chi connectivity index (χ4v) is 2.36. The third-order valence-corrected chi connectivity index (χ3v) is 3.25. The molecule has 1 aliphatic heterocycles. The maximum absolute atomic E-state index is 6.20. The first-order chi connectivity index (χ1) is 8.24. The standard InChI is InChI=1S/C11H12ClN5/c12-9-5-8(13)1-2-10(9)16-3-4-17-7-14-15-11(17)6-16/h1-2,5,7H,3-4,6,13H2. The number of benzene rings is 1. The highest BCUT2D eigenvalue weighted by Gasteiger charge is 2.19. The van der Waals surface area contributed by atoms with Gasteiger partial charge < -0.3 is 15.2 Å². The summed E-state index contributed by atoms with van der Waals surface area (Å²) >= 11 is 6.20. The molecule has 17 heavy (non-hydrogen) atoms. The molecule has 88 valence electrons. The summed E-state index contributed by atoms with van der Waals surface area (Å²) in [7, 11) is 0. The number of nitrogen functional groups attached to an aromatic ring is 1. The Morgan fingerprint density at radius 1 is 1.29 bits per heavy atom. The van der Waals surface area contributed by atoms with Gasteiger partial charge in [-0.15, -0.1) is 10.2 Å². The third kappa shape index (κ3) is 1.82. The van der Waals surface area contributed by atoms with E-state index in [1.54, 1.807) is 12.4 Å². The highest BCUT2D eigenvalue weighted by molar-refractivity contribution is 6.33. The summed E-state index contributed by atoms with van der Waals surface area (Å²) in [4.78, 5) is 2.19. The molecule has 0 unspecified atom stereocenters. The van der Waals surface area contributed by atoms with E-state index >= 15 is 0 Å². The molecule has 0 amide bonds. The quantitative estimate of drug-likeness (QED) is 0.779. The van der Waals surface area contributed by atoms with E-state index in [0.29, 0.717) is 10.7 Å². The SMILES string of the molecule is Nc1ccc(N2CCn3cnnc3C2)c(Cl)c1. The molecule has 3 rings (SSSR count). The van der Waals surface area contributed by atoms with Gasteiger partial charge in [-0.05, 0) is 18.2 Å². The highest BCUT2D eigenvalue weighted by atomic mass is 35.5. The average Bonchev–Trinajstić information content (AvgIpc) is 2.75. The molecule has 1 aromatic carbocycles. The van der Waals surface area contributed by atoms with Crippen LogP contribution in [0.5, 0.6) is 0 Å². The fourth-order valence-electron chi connectivity index (χ4n) is 2.05. The minimum absolute atomic E-state index is 0.679. The molecule has 6 heteroatoms. The van der Waals surface area contributed by atoms with E-state index in [4.69, 9.17) is 17.3 Å². The van der Waals surface area contributed by atoms with Crippen molar-refractivity contribution >= 4 is 23.0 Å². The summed E-state index contributed by atoms with van der Waals surface area (Å²) in [6.45, 7) is 2.50. The van der Waals surface area contributed by atoms with Gasteiger partial charge in [0, 0.05) is 18.8 Å². The molecular weight excluding hydrogens is 238 g/mol. The first kappa shape index (κ1) is 10.4. The van der Waals surface area contributed by atoms with E-state index < -0.39 is 0 Å². The minimum atomic E-state index is 0.679. The van der Waals surface area contributed by atoms with Gasteiger partial charge in [-0.2, -0.15) is 0 Å². The minimum Gasteiger partial charge on any atom is -0.399 e. The summed E-state index contributed by atoms with van der Waals surface area (Å²) in [6, 6.07) is 5.58. The number of aromatic nitrogens is 3. The second-order valence-electron chi connectivity index (χ2n) is 4.07. The number of nitrogens with zero attached hydrogens (tertiary/aromatic N) is 4. The number of hydrogen-bond acceptors (Lipinski definition) is 4. The van der Waals surface area contributed by atoms with Gasteiger partial charge in [0.25, 0.3) is 0 Å². The van der Waals surface area contributed by atoms with Crippen molar-refractivity contribution in [2.45, 2.75) is 13.1 Å². The van der Waals surface area contributed by atoms with Crippen molar-refractivity contribution in [3.63, 3.8) is 0 Å². The van der Waals surface area contributed by atoms with Crippen LogP contribution in [0.1, 0.15) is 5.82 Å².